The first kappa shape index (κ1) is 22.3. The van der Waals surface area contributed by atoms with Gasteiger partial charge in [0.25, 0.3) is 15.8 Å². The highest BCUT2D eigenvalue weighted by atomic mass is 32.2. The standard InChI is InChI=1S/C17H21N5O6S/c23-16-11-13(3-1-8-18-9-2-10-29(26,27)28)4-6-15(16)20-21-17-7-5-14(12-19-17)22(24)25/h4-7,11-12,18,23H,1-3,8-10H2,(H,26,27,28). The van der Waals surface area contributed by atoms with Crippen LogP contribution in [-0.2, 0) is 16.5 Å². The van der Waals surface area contributed by atoms with E-state index in [2.05, 4.69) is 20.5 Å². The van der Waals surface area contributed by atoms with E-state index in [4.69, 9.17) is 4.55 Å². The SMILES string of the molecule is O=[N+]([O-])c1ccc(N=Nc2ccc(CCCNCCCS(=O)(=O)O)cc2O)nc1. The van der Waals surface area contributed by atoms with Crippen molar-refractivity contribution >= 4 is 27.3 Å². The highest BCUT2D eigenvalue weighted by Crippen LogP contribution is 2.29. The second-order valence-electron chi connectivity index (χ2n) is 6.15. The van der Waals surface area contributed by atoms with Gasteiger partial charge in [-0.15, -0.1) is 10.2 Å². The van der Waals surface area contributed by atoms with Crippen molar-refractivity contribution in [2.24, 2.45) is 10.2 Å². The number of nitrogens with one attached hydrogen (secondary N) is 1. The van der Waals surface area contributed by atoms with Crippen LogP contribution in [0.15, 0.2) is 46.8 Å². The maximum absolute atomic E-state index is 10.6. The van der Waals surface area contributed by atoms with E-state index in [1.54, 1.807) is 18.2 Å². The van der Waals surface area contributed by atoms with Gasteiger partial charge in [0, 0.05) is 6.07 Å². The van der Waals surface area contributed by atoms with E-state index < -0.39 is 15.0 Å². The predicted molar refractivity (Wildman–Crippen MR) is 105 cm³/mol. The third-order valence-electron chi connectivity index (χ3n) is 3.82. The number of pyridine rings is 1. The van der Waals surface area contributed by atoms with Crippen molar-refractivity contribution in [3.8, 4) is 5.75 Å². The maximum atomic E-state index is 10.6. The lowest BCUT2D eigenvalue weighted by Gasteiger charge is -2.06. The Morgan fingerprint density at radius 3 is 2.52 bits per heavy atom. The minimum absolute atomic E-state index is 0.0470. The molecule has 0 aliphatic carbocycles. The van der Waals surface area contributed by atoms with Crippen LogP contribution >= 0.6 is 0 Å². The van der Waals surface area contributed by atoms with E-state index >= 15 is 0 Å². The Bertz CT molecular complexity index is 963. The summed E-state index contributed by atoms with van der Waals surface area (Å²) in [7, 11) is -3.91. The van der Waals surface area contributed by atoms with Crippen LogP contribution in [0.2, 0.25) is 0 Å². The van der Waals surface area contributed by atoms with Crippen molar-refractivity contribution in [2.45, 2.75) is 19.3 Å². The van der Waals surface area contributed by atoms with E-state index in [-0.39, 0.29) is 28.7 Å². The molecule has 0 unspecified atom stereocenters. The van der Waals surface area contributed by atoms with E-state index in [1.165, 1.54) is 12.1 Å². The Kier molecular flexibility index (Phi) is 8.12. The maximum Gasteiger partial charge on any atom is 0.287 e. The minimum atomic E-state index is -3.91. The average Bonchev–Trinajstić information content (AvgIpc) is 2.66. The molecular weight excluding hydrogens is 402 g/mol. The Morgan fingerprint density at radius 1 is 1.14 bits per heavy atom. The molecule has 0 aliphatic heterocycles. The largest absolute Gasteiger partial charge is 0.506 e. The van der Waals surface area contributed by atoms with E-state index in [0.717, 1.165) is 18.2 Å². The summed E-state index contributed by atoms with van der Waals surface area (Å²) in [6.45, 7) is 1.15. The average molecular weight is 423 g/mol. The summed E-state index contributed by atoms with van der Waals surface area (Å²) in [4.78, 5) is 13.8. The molecule has 0 aliphatic rings. The molecule has 12 heteroatoms. The summed E-state index contributed by atoms with van der Waals surface area (Å²) in [6, 6.07) is 7.61. The van der Waals surface area contributed by atoms with Gasteiger partial charge >= 0.3 is 0 Å². The van der Waals surface area contributed by atoms with Gasteiger partial charge in [-0.25, -0.2) is 4.98 Å². The van der Waals surface area contributed by atoms with Crippen LogP contribution in [-0.4, -0.2) is 46.8 Å². The Hall–Kier alpha value is -2.96. The molecule has 0 saturated carbocycles. The summed E-state index contributed by atoms with van der Waals surface area (Å²) >= 11 is 0. The molecule has 0 atom stereocenters. The number of phenols is 1. The normalized spacial score (nSPS) is 11.8. The Labute approximate surface area is 167 Å². The number of benzene rings is 1. The molecule has 0 fully saturated rings. The van der Waals surface area contributed by atoms with Crippen LogP contribution < -0.4 is 5.32 Å². The molecule has 2 rings (SSSR count). The molecule has 156 valence electrons. The number of aromatic nitrogens is 1. The predicted octanol–water partition coefficient (Wildman–Crippen LogP) is 2.91. The summed E-state index contributed by atoms with van der Waals surface area (Å²) in [5.41, 5.74) is 0.996. The zero-order valence-electron chi connectivity index (χ0n) is 15.4. The zero-order valence-corrected chi connectivity index (χ0v) is 16.2. The van der Waals surface area contributed by atoms with Gasteiger partial charge in [-0.3, -0.25) is 14.7 Å². The second kappa shape index (κ2) is 10.5. The fourth-order valence-corrected chi connectivity index (χ4v) is 2.89. The topological polar surface area (TPSA) is 167 Å². The van der Waals surface area contributed by atoms with Gasteiger partial charge in [0.2, 0.25) is 0 Å². The van der Waals surface area contributed by atoms with Crippen molar-refractivity contribution in [3.63, 3.8) is 0 Å². The molecule has 11 nitrogen and oxygen atoms in total. The van der Waals surface area contributed by atoms with Gasteiger partial charge in [0.1, 0.15) is 17.6 Å². The molecule has 2 aromatic rings. The van der Waals surface area contributed by atoms with Gasteiger partial charge < -0.3 is 10.4 Å². The first-order valence-electron chi connectivity index (χ1n) is 8.74. The van der Waals surface area contributed by atoms with E-state index in [9.17, 15) is 23.6 Å². The lowest BCUT2D eigenvalue weighted by atomic mass is 10.1. The third kappa shape index (κ3) is 8.29. The van der Waals surface area contributed by atoms with E-state index in [0.29, 0.717) is 25.9 Å². The second-order valence-corrected chi connectivity index (χ2v) is 7.72. The van der Waals surface area contributed by atoms with Gasteiger partial charge in [0.05, 0.1) is 10.7 Å². The van der Waals surface area contributed by atoms with Crippen molar-refractivity contribution < 1.29 is 23.0 Å². The Morgan fingerprint density at radius 2 is 1.90 bits per heavy atom. The summed E-state index contributed by atoms with van der Waals surface area (Å²) in [5, 5.41) is 31.5. The summed E-state index contributed by atoms with van der Waals surface area (Å²) < 4.78 is 29.8. The molecule has 0 bridgehead atoms. The molecule has 0 amide bonds. The van der Waals surface area contributed by atoms with Gasteiger partial charge in [-0.1, -0.05) is 6.07 Å². The summed E-state index contributed by atoms with van der Waals surface area (Å²) in [5.74, 6) is -0.132. The monoisotopic (exact) mass is 423 g/mol. The highest BCUT2D eigenvalue weighted by Gasteiger charge is 2.06. The van der Waals surface area contributed by atoms with Crippen molar-refractivity contribution in [2.75, 3.05) is 18.8 Å². The van der Waals surface area contributed by atoms with Crippen LogP contribution in [0.4, 0.5) is 17.2 Å². The van der Waals surface area contributed by atoms with Crippen LogP contribution in [0.25, 0.3) is 0 Å². The molecule has 1 aromatic heterocycles. The van der Waals surface area contributed by atoms with Crippen LogP contribution in [0.5, 0.6) is 5.75 Å². The van der Waals surface area contributed by atoms with Gasteiger partial charge in [0.15, 0.2) is 5.82 Å². The number of hydrogen-bond acceptors (Lipinski definition) is 9. The van der Waals surface area contributed by atoms with Crippen molar-refractivity contribution in [1.82, 2.24) is 10.3 Å². The highest BCUT2D eigenvalue weighted by molar-refractivity contribution is 7.85. The van der Waals surface area contributed by atoms with Crippen LogP contribution in [0.1, 0.15) is 18.4 Å². The molecular formula is C17H21N5O6S. The minimum Gasteiger partial charge on any atom is -0.506 e. The molecule has 0 radical (unpaired) electrons. The molecule has 0 saturated heterocycles. The smallest absolute Gasteiger partial charge is 0.287 e. The molecule has 3 N–H and O–H groups in total. The number of aromatic hydroxyl groups is 1. The van der Waals surface area contributed by atoms with Crippen molar-refractivity contribution in [1.29, 1.82) is 0 Å². The van der Waals surface area contributed by atoms with Crippen LogP contribution in [0, 0.1) is 10.1 Å². The van der Waals surface area contributed by atoms with Crippen molar-refractivity contribution in [3.05, 3.63) is 52.2 Å². The fraction of sp³-hybridized carbons (Fsp3) is 0.353. The van der Waals surface area contributed by atoms with Crippen LogP contribution in [0.3, 0.4) is 0 Å². The van der Waals surface area contributed by atoms with E-state index in [1.807, 2.05) is 0 Å². The number of phenolic OH excluding ortho intramolecular Hbond substituents is 1. The Balaban J connectivity index is 1.80. The van der Waals surface area contributed by atoms with Gasteiger partial charge in [-0.2, -0.15) is 8.42 Å². The molecule has 0 spiro atoms. The quantitative estimate of drug-likeness (QED) is 0.163. The first-order valence-corrected chi connectivity index (χ1v) is 10.4. The number of hydrogen-bond donors (Lipinski definition) is 3. The molecule has 1 aromatic carbocycles. The lowest BCUT2D eigenvalue weighted by molar-refractivity contribution is -0.385. The van der Waals surface area contributed by atoms with Gasteiger partial charge in [-0.05, 0) is 56.1 Å². The molecule has 29 heavy (non-hydrogen) atoms. The number of aryl methyl sites for hydroxylation is 1. The number of rotatable bonds is 11. The lowest BCUT2D eigenvalue weighted by Crippen LogP contribution is -2.19. The molecule has 1 heterocycles. The number of nitrogens with zero attached hydrogens (tertiary/aromatic N) is 4. The number of azo groups is 1. The number of nitro groups is 1. The fourth-order valence-electron chi connectivity index (χ4n) is 2.38. The summed E-state index contributed by atoms with van der Waals surface area (Å²) in [6.07, 6.45) is 2.89. The third-order valence-corrected chi connectivity index (χ3v) is 4.62. The zero-order chi connectivity index (χ0) is 21.3. The first-order chi connectivity index (χ1) is 13.7.